The topological polar surface area (TPSA) is 24.9 Å². The van der Waals surface area contributed by atoms with E-state index >= 15 is 0 Å². The van der Waals surface area contributed by atoms with Gasteiger partial charge in [-0.25, -0.2) is 0 Å². The van der Waals surface area contributed by atoms with Gasteiger partial charge in [-0.15, -0.1) is 0 Å². The highest BCUT2D eigenvalue weighted by Gasteiger charge is 2.22. The molecule has 16 heavy (non-hydrogen) atoms. The van der Waals surface area contributed by atoms with E-state index in [-0.39, 0.29) is 0 Å². The second-order valence-corrected chi connectivity index (χ2v) is 5.06. The Hall–Kier alpha value is -0.890. The first kappa shape index (κ1) is 11.6. The predicted octanol–water partition coefficient (Wildman–Crippen LogP) is 3.15. The van der Waals surface area contributed by atoms with E-state index in [0.717, 1.165) is 17.3 Å². The summed E-state index contributed by atoms with van der Waals surface area (Å²) in [5.41, 5.74) is 3.66. The van der Waals surface area contributed by atoms with Gasteiger partial charge in [0.15, 0.2) is 0 Å². The minimum absolute atomic E-state index is 0.505. The number of nitrogens with one attached hydrogen (secondary N) is 1. The van der Waals surface area contributed by atoms with Crippen LogP contribution in [-0.4, -0.2) is 12.0 Å². The molecular weight excluding hydrogens is 196 g/mol. The number of aryl methyl sites for hydroxylation is 2. The lowest BCUT2D eigenvalue weighted by molar-refractivity contribution is 0.265. The number of aromatic nitrogens is 1. The van der Waals surface area contributed by atoms with Gasteiger partial charge in [-0.05, 0) is 50.9 Å². The van der Waals surface area contributed by atoms with Crippen molar-refractivity contribution in [2.75, 3.05) is 7.05 Å². The first-order valence-electron chi connectivity index (χ1n) is 6.31. The summed E-state index contributed by atoms with van der Waals surface area (Å²) >= 11 is 0. The Morgan fingerprint density at radius 3 is 2.38 bits per heavy atom. The van der Waals surface area contributed by atoms with Crippen LogP contribution >= 0.6 is 0 Å². The van der Waals surface area contributed by atoms with Gasteiger partial charge in [0.25, 0.3) is 0 Å². The van der Waals surface area contributed by atoms with E-state index in [1.165, 1.54) is 31.2 Å². The van der Waals surface area contributed by atoms with Crippen LogP contribution in [0.4, 0.5) is 0 Å². The van der Waals surface area contributed by atoms with Crippen LogP contribution in [0.5, 0.6) is 0 Å². The van der Waals surface area contributed by atoms with Gasteiger partial charge in [0, 0.05) is 17.4 Å². The summed E-state index contributed by atoms with van der Waals surface area (Å²) in [5, 5.41) is 3.44. The summed E-state index contributed by atoms with van der Waals surface area (Å²) in [6.45, 7) is 4.15. The fourth-order valence-electron chi connectivity index (χ4n) is 2.55. The molecule has 0 aromatic carbocycles. The zero-order valence-electron chi connectivity index (χ0n) is 10.6. The summed E-state index contributed by atoms with van der Waals surface area (Å²) in [7, 11) is 2.06. The predicted molar refractivity (Wildman–Crippen MR) is 67.5 cm³/mol. The molecule has 2 rings (SSSR count). The van der Waals surface area contributed by atoms with E-state index in [2.05, 4.69) is 43.3 Å². The van der Waals surface area contributed by atoms with Gasteiger partial charge in [-0.1, -0.05) is 19.3 Å². The lowest BCUT2D eigenvalue weighted by Gasteiger charge is -2.30. The van der Waals surface area contributed by atoms with Crippen molar-refractivity contribution < 1.29 is 0 Å². The van der Waals surface area contributed by atoms with E-state index < -0.39 is 0 Å². The molecule has 1 fully saturated rings. The highest BCUT2D eigenvalue weighted by Crippen LogP contribution is 2.34. The Kier molecular flexibility index (Phi) is 3.59. The molecule has 0 bridgehead atoms. The number of hydrogen-bond donors (Lipinski definition) is 1. The molecule has 1 aromatic rings. The summed E-state index contributed by atoms with van der Waals surface area (Å²) < 4.78 is 0. The molecule has 1 atom stereocenters. The molecular formula is C14H22N2. The van der Waals surface area contributed by atoms with Gasteiger partial charge in [-0.3, -0.25) is 4.98 Å². The molecule has 0 radical (unpaired) electrons. The molecule has 1 aliphatic rings. The standard InChI is InChI=1S/C14H22N2/c1-10-7-13(8-11(2)16-10)14(15-3)9-12-5-4-6-12/h7-8,12,14-15H,4-6,9H2,1-3H3. The maximum Gasteiger partial charge on any atom is 0.0379 e. The SMILES string of the molecule is CNC(CC1CCC1)c1cc(C)nc(C)c1. The molecule has 1 N–H and O–H groups in total. The molecule has 1 unspecified atom stereocenters. The minimum atomic E-state index is 0.505. The summed E-state index contributed by atoms with van der Waals surface area (Å²) in [4.78, 5) is 4.44. The van der Waals surface area contributed by atoms with Crippen molar-refractivity contribution in [3.8, 4) is 0 Å². The van der Waals surface area contributed by atoms with Crippen molar-refractivity contribution in [1.29, 1.82) is 0 Å². The maximum atomic E-state index is 4.44. The van der Waals surface area contributed by atoms with Crippen molar-refractivity contribution in [2.24, 2.45) is 5.92 Å². The molecule has 1 heterocycles. The molecule has 0 saturated heterocycles. The Bertz CT molecular complexity index is 336. The molecule has 1 aromatic heterocycles. The fourth-order valence-corrected chi connectivity index (χ4v) is 2.55. The third-order valence-corrected chi connectivity index (χ3v) is 3.65. The molecule has 2 nitrogen and oxygen atoms in total. The first-order valence-corrected chi connectivity index (χ1v) is 6.31. The van der Waals surface area contributed by atoms with Crippen LogP contribution in [0.1, 0.15) is 48.7 Å². The van der Waals surface area contributed by atoms with Crippen LogP contribution in [0.15, 0.2) is 12.1 Å². The van der Waals surface area contributed by atoms with Gasteiger partial charge < -0.3 is 5.32 Å². The monoisotopic (exact) mass is 218 g/mol. The third kappa shape index (κ3) is 2.62. The smallest absolute Gasteiger partial charge is 0.0379 e. The van der Waals surface area contributed by atoms with Crippen molar-refractivity contribution in [3.05, 3.63) is 29.1 Å². The van der Waals surface area contributed by atoms with Crippen LogP contribution < -0.4 is 5.32 Å². The van der Waals surface area contributed by atoms with Gasteiger partial charge >= 0.3 is 0 Å². The molecule has 2 heteroatoms. The second kappa shape index (κ2) is 4.96. The maximum absolute atomic E-state index is 4.44. The largest absolute Gasteiger partial charge is 0.313 e. The minimum Gasteiger partial charge on any atom is -0.313 e. The molecule has 88 valence electrons. The van der Waals surface area contributed by atoms with Gasteiger partial charge in [0.1, 0.15) is 0 Å². The number of rotatable bonds is 4. The van der Waals surface area contributed by atoms with Crippen molar-refractivity contribution in [3.63, 3.8) is 0 Å². The number of nitrogens with zero attached hydrogens (tertiary/aromatic N) is 1. The third-order valence-electron chi connectivity index (χ3n) is 3.65. The fraction of sp³-hybridized carbons (Fsp3) is 0.643. The van der Waals surface area contributed by atoms with Crippen LogP contribution in [0.2, 0.25) is 0 Å². The van der Waals surface area contributed by atoms with E-state index in [4.69, 9.17) is 0 Å². The van der Waals surface area contributed by atoms with Crippen molar-refractivity contribution in [1.82, 2.24) is 10.3 Å². The Labute approximate surface area is 98.5 Å². The zero-order valence-corrected chi connectivity index (χ0v) is 10.6. The van der Waals surface area contributed by atoms with E-state index in [1.807, 2.05) is 0 Å². The summed E-state index contributed by atoms with van der Waals surface area (Å²) in [6.07, 6.45) is 5.54. The molecule has 0 spiro atoms. The Balaban J connectivity index is 2.11. The van der Waals surface area contributed by atoms with E-state index in [0.29, 0.717) is 6.04 Å². The van der Waals surface area contributed by atoms with E-state index in [1.54, 1.807) is 0 Å². The average Bonchev–Trinajstić information content (AvgIpc) is 2.14. The number of pyridine rings is 1. The van der Waals surface area contributed by atoms with Crippen LogP contribution in [-0.2, 0) is 0 Å². The second-order valence-electron chi connectivity index (χ2n) is 5.06. The van der Waals surface area contributed by atoms with Crippen molar-refractivity contribution >= 4 is 0 Å². The van der Waals surface area contributed by atoms with Gasteiger partial charge in [0.05, 0.1) is 0 Å². The first-order chi connectivity index (χ1) is 7.69. The lowest BCUT2D eigenvalue weighted by atomic mass is 9.79. The van der Waals surface area contributed by atoms with Gasteiger partial charge in [0.2, 0.25) is 0 Å². The van der Waals surface area contributed by atoms with Crippen molar-refractivity contribution in [2.45, 2.75) is 45.6 Å². The molecule has 1 aliphatic carbocycles. The van der Waals surface area contributed by atoms with Crippen LogP contribution in [0, 0.1) is 19.8 Å². The molecule has 1 saturated carbocycles. The van der Waals surface area contributed by atoms with E-state index in [9.17, 15) is 0 Å². The highest BCUT2D eigenvalue weighted by molar-refractivity contribution is 5.23. The molecule has 0 amide bonds. The lowest BCUT2D eigenvalue weighted by Crippen LogP contribution is -2.23. The van der Waals surface area contributed by atoms with Gasteiger partial charge in [-0.2, -0.15) is 0 Å². The zero-order chi connectivity index (χ0) is 11.5. The van der Waals surface area contributed by atoms with Crippen LogP contribution in [0.3, 0.4) is 0 Å². The highest BCUT2D eigenvalue weighted by atomic mass is 14.9. The summed E-state index contributed by atoms with van der Waals surface area (Å²) in [6, 6.07) is 4.94. The van der Waals surface area contributed by atoms with Crippen LogP contribution in [0.25, 0.3) is 0 Å². The summed E-state index contributed by atoms with van der Waals surface area (Å²) in [5.74, 6) is 0.936. The Morgan fingerprint density at radius 1 is 1.31 bits per heavy atom. The number of hydrogen-bond acceptors (Lipinski definition) is 2. The molecule has 0 aliphatic heterocycles. The quantitative estimate of drug-likeness (QED) is 0.839. The average molecular weight is 218 g/mol. The Morgan fingerprint density at radius 2 is 1.94 bits per heavy atom. The normalized spacial score (nSPS) is 18.2.